The molecule has 0 aromatic carbocycles. The molecular weight excluding hydrogens is 274 g/mol. The van der Waals surface area contributed by atoms with Crippen LogP contribution in [0.15, 0.2) is 16.2 Å². The van der Waals surface area contributed by atoms with E-state index in [4.69, 9.17) is 0 Å². The second kappa shape index (κ2) is 3.42. The number of hydrogen-bond acceptors (Lipinski definition) is 3. The molecule has 0 aliphatic heterocycles. The van der Waals surface area contributed by atoms with E-state index in [1.165, 1.54) is 27.1 Å². The minimum absolute atomic E-state index is 0.635. The molecular formula is C10H10BrN3S. The first-order chi connectivity index (χ1) is 7.25. The Hall–Kier alpha value is -0.680. The van der Waals surface area contributed by atoms with Gasteiger partial charge in [-0.25, -0.2) is 0 Å². The van der Waals surface area contributed by atoms with Gasteiger partial charge < -0.3 is 4.57 Å². The molecule has 5 heteroatoms. The van der Waals surface area contributed by atoms with Crippen molar-refractivity contribution in [1.82, 2.24) is 14.8 Å². The number of rotatable bonds is 2. The Labute approximate surface area is 100 Å². The summed E-state index contributed by atoms with van der Waals surface area (Å²) in [6, 6.07) is 2.80. The predicted molar refractivity (Wildman–Crippen MR) is 64.0 cm³/mol. The lowest BCUT2D eigenvalue weighted by molar-refractivity contribution is 0.747. The zero-order valence-corrected chi connectivity index (χ0v) is 10.7. The van der Waals surface area contributed by atoms with Crippen LogP contribution in [0.3, 0.4) is 0 Å². The average Bonchev–Trinajstić information content (AvgIpc) is 2.85. The van der Waals surface area contributed by atoms with Crippen molar-refractivity contribution in [3.05, 3.63) is 21.7 Å². The van der Waals surface area contributed by atoms with Gasteiger partial charge >= 0.3 is 0 Å². The highest BCUT2D eigenvalue weighted by Gasteiger charge is 2.27. The molecule has 1 saturated carbocycles. The third-order valence-electron chi connectivity index (χ3n) is 2.59. The van der Waals surface area contributed by atoms with Crippen LogP contribution < -0.4 is 0 Å². The zero-order valence-electron chi connectivity index (χ0n) is 8.27. The molecule has 0 radical (unpaired) electrons. The van der Waals surface area contributed by atoms with Gasteiger partial charge in [0.2, 0.25) is 0 Å². The van der Waals surface area contributed by atoms with Crippen LogP contribution in [-0.4, -0.2) is 14.8 Å². The van der Waals surface area contributed by atoms with Crippen LogP contribution in [0, 0.1) is 6.92 Å². The fraction of sp³-hybridized carbons (Fsp3) is 0.400. The summed E-state index contributed by atoms with van der Waals surface area (Å²) in [6.45, 7) is 2.10. The summed E-state index contributed by atoms with van der Waals surface area (Å²) < 4.78 is 3.38. The molecule has 0 amide bonds. The summed E-state index contributed by atoms with van der Waals surface area (Å²) in [6.07, 6.45) is 4.36. The molecule has 0 atom stereocenters. The molecule has 2 aromatic heterocycles. The Kier molecular flexibility index (Phi) is 2.17. The van der Waals surface area contributed by atoms with E-state index < -0.39 is 0 Å². The molecule has 2 aromatic rings. The Morgan fingerprint density at radius 3 is 2.93 bits per heavy atom. The van der Waals surface area contributed by atoms with Gasteiger partial charge in [-0.2, -0.15) is 0 Å². The van der Waals surface area contributed by atoms with E-state index in [0.717, 1.165) is 5.82 Å². The second-order valence-corrected chi connectivity index (χ2v) is 6.23. The lowest BCUT2D eigenvalue weighted by Crippen LogP contribution is -1.93. The smallest absolute Gasteiger partial charge is 0.174 e. The zero-order chi connectivity index (χ0) is 10.4. The Morgan fingerprint density at radius 1 is 1.53 bits per heavy atom. The molecule has 2 heterocycles. The third kappa shape index (κ3) is 1.63. The van der Waals surface area contributed by atoms with Crippen LogP contribution in [0.4, 0.5) is 0 Å². The quantitative estimate of drug-likeness (QED) is 0.846. The molecule has 3 rings (SSSR count). The first-order valence-electron chi connectivity index (χ1n) is 4.91. The molecule has 0 saturated heterocycles. The maximum absolute atomic E-state index is 4.20. The van der Waals surface area contributed by atoms with Crippen LogP contribution >= 0.6 is 27.3 Å². The van der Waals surface area contributed by atoms with Crippen molar-refractivity contribution >= 4 is 27.3 Å². The van der Waals surface area contributed by atoms with E-state index in [0.29, 0.717) is 6.04 Å². The largest absolute Gasteiger partial charge is 0.310 e. The van der Waals surface area contributed by atoms with Crippen molar-refractivity contribution in [2.45, 2.75) is 25.8 Å². The molecule has 1 aliphatic rings. The van der Waals surface area contributed by atoms with E-state index >= 15 is 0 Å². The lowest BCUT2D eigenvalue weighted by atomic mass is 10.3. The number of thiophene rings is 1. The van der Waals surface area contributed by atoms with Gasteiger partial charge in [0.1, 0.15) is 6.33 Å². The molecule has 0 N–H and O–H groups in total. The van der Waals surface area contributed by atoms with Crippen molar-refractivity contribution in [2.75, 3.05) is 0 Å². The van der Waals surface area contributed by atoms with Crippen LogP contribution in [0.25, 0.3) is 10.7 Å². The van der Waals surface area contributed by atoms with E-state index in [2.05, 4.69) is 43.7 Å². The van der Waals surface area contributed by atoms with Crippen molar-refractivity contribution in [2.24, 2.45) is 0 Å². The van der Waals surface area contributed by atoms with Gasteiger partial charge in [0.25, 0.3) is 0 Å². The van der Waals surface area contributed by atoms with Crippen molar-refractivity contribution in [1.29, 1.82) is 0 Å². The van der Waals surface area contributed by atoms with Crippen LogP contribution in [0.2, 0.25) is 0 Å². The first kappa shape index (κ1) is 9.54. The molecule has 1 fully saturated rings. The Bertz CT molecular complexity index is 479. The fourth-order valence-corrected chi connectivity index (χ4v) is 3.13. The van der Waals surface area contributed by atoms with Gasteiger partial charge in [0.15, 0.2) is 5.82 Å². The molecule has 15 heavy (non-hydrogen) atoms. The minimum atomic E-state index is 0.635. The van der Waals surface area contributed by atoms with Gasteiger partial charge in [0.05, 0.1) is 8.66 Å². The molecule has 1 aliphatic carbocycles. The van der Waals surface area contributed by atoms with Gasteiger partial charge in [-0.3, -0.25) is 0 Å². The fourth-order valence-electron chi connectivity index (χ4n) is 1.61. The summed E-state index contributed by atoms with van der Waals surface area (Å²) in [5.41, 5.74) is 1.26. The number of hydrogen-bond donors (Lipinski definition) is 0. The molecule has 0 unspecified atom stereocenters. The maximum atomic E-state index is 4.20. The van der Waals surface area contributed by atoms with Crippen LogP contribution in [0.5, 0.6) is 0 Å². The normalized spacial score (nSPS) is 15.9. The number of halogens is 1. The standard InChI is InChI=1S/C10H10BrN3S/c1-6-4-8(15-9(6)11)10-13-12-5-14(10)7-2-3-7/h4-5,7H,2-3H2,1H3. The summed E-state index contributed by atoms with van der Waals surface area (Å²) in [4.78, 5) is 1.20. The van der Waals surface area contributed by atoms with Crippen molar-refractivity contribution < 1.29 is 0 Å². The van der Waals surface area contributed by atoms with E-state index in [-0.39, 0.29) is 0 Å². The molecule has 0 bridgehead atoms. The minimum Gasteiger partial charge on any atom is -0.310 e. The number of nitrogens with zero attached hydrogens (tertiary/aromatic N) is 3. The average molecular weight is 284 g/mol. The number of aromatic nitrogens is 3. The summed E-state index contributed by atoms with van der Waals surface area (Å²) in [7, 11) is 0. The van der Waals surface area contributed by atoms with Gasteiger partial charge in [0, 0.05) is 6.04 Å². The lowest BCUT2D eigenvalue weighted by Gasteiger charge is -2.00. The van der Waals surface area contributed by atoms with Crippen molar-refractivity contribution in [3.8, 4) is 10.7 Å². The highest BCUT2D eigenvalue weighted by atomic mass is 79.9. The Morgan fingerprint density at radius 2 is 2.33 bits per heavy atom. The predicted octanol–water partition coefficient (Wildman–Crippen LogP) is 3.41. The summed E-state index contributed by atoms with van der Waals surface area (Å²) in [5.74, 6) is 1.01. The number of aryl methyl sites for hydroxylation is 1. The SMILES string of the molecule is Cc1cc(-c2nncn2C2CC2)sc1Br. The van der Waals surface area contributed by atoms with Gasteiger partial charge in [-0.05, 0) is 47.3 Å². The van der Waals surface area contributed by atoms with Crippen molar-refractivity contribution in [3.63, 3.8) is 0 Å². The highest BCUT2D eigenvalue weighted by molar-refractivity contribution is 9.11. The monoisotopic (exact) mass is 283 g/mol. The first-order valence-corrected chi connectivity index (χ1v) is 6.52. The van der Waals surface area contributed by atoms with Gasteiger partial charge in [-0.1, -0.05) is 0 Å². The molecule has 78 valence electrons. The summed E-state index contributed by atoms with van der Waals surface area (Å²) >= 11 is 5.26. The topological polar surface area (TPSA) is 30.7 Å². The second-order valence-electron chi connectivity index (χ2n) is 3.86. The summed E-state index contributed by atoms with van der Waals surface area (Å²) in [5, 5.41) is 8.21. The third-order valence-corrected chi connectivity index (χ3v) is 4.72. The highest BCUT2D eigenvalue weighted by Crippen LogP contribution is 2.40. The van der Waals surface area contributed by atoms with Gasteiger partial charge in [-0.15, -0.1) is 21.5 Å². The van der Waals surface area contributed by atoms with Crippen LogP contribution in [0.1, 0.15) is 24.4 Å². The molecule has 3 nitrogen and oxygen atoms in total. The van der Waals surface area contributed by atoms with Crippen LogP contribution in [-0.2, 0) is 0 Å². The Balaban J connectivity index is 2.07. The molecule has 0 spiro atoms. The van der Waals surface area contributed by atoms with E-state index in [1.807, 2.05) is 6.33 Å². The van der Waals surface area contributed by atoms with E-state index in [9.17, 15) is 0 Å². The van der Waals surface area contributed by atoms with E-state index in [1.54, 1.807) is 11.3 Å². The maximum Gasteiger partial charge on any atom is 0.174 e.